The molecule has 18 heavy (non-hydrogen) atoms. The lowest BCUT2D eigenvalue weighted by molar-refractivity contribution is 0.578. The molecule has 0 spiro atoms. The van der Waals surface area contributed by atoms with E-state index in [2.05, 4.69) is 10.3 Å². The highest BCUT2D eigenvalue weighted by molar-refractivity contribution is 5.85. The lowest BCUT2D eigenvalue weighted by Gasteiger charge is -1.96. The molecule has 2 aromatic rings. The first-order chi connectivity index (χ1) is 8.69. The summed E-state index contributed by atoms with van der Waals surface area (Å²) in [6, 6.07) is 7.36. The van der Waals surface area contributed by atoms with Crippen LogP contribution >= 0.6 is 0 Å². The van der Waals surface area contributed by atoms with Gasteiger partial charge in [0.1, 0.15) is 11.3 Å². The quantitative estimate of drug-likeness (QED) is 0.349. The monoisotopic (exact) mass is 244 g/mol. The Hall–Kier alpha value is -2.48. The second-order valence-corrected chi connectivity index (χ2v) is 3.31. The molecule has 0 aliphatic carbocycles. The molecule has 0 fully saturated rings. The third-order valence-electron chi connectivity index (χ3n) is 2.06. The summed E-state index contributed by atoms with van der Waals surface area (Å²) in [5.41, 5.74) is 6.94. The molecule has 0 amide bonds. The molecule has 2 rings (SSSR count). The Morgan fingerprint density at radius 1 is 1.39 bits per heavy atom. The number of hydrogen-bond donors (Lipinski definition) is 2. The number of nitriles is 1. The highest BCUT2D eigenvalue weighted by atomic mass is 16.3. The second kappa shape index (κ2) is 6.30. The van der Waals surface area contributed by atoms with Gasteiger partial charge in [-0.25, -0.2) is 4.99 Å². The molecule has 0 saturated heterocycles. The van der Waals surface area contributed by atoms with Crippen molar-refractivity contribution in [3.8, 4) is 6.19 Å². The zero-order valence-corrected chi connectivity index (χ0v) is 10.7. The fourth-order valence-electron chi connectivity index (χ4n) is 1.46. The van der Waals surface area contributed by atoms with Crippen LogP contribution in [0.15, 0.2) is 33.7 Å². The van der Waals surface area contributed by atoms with Crippen LogP contribution in [0.25, 0.3) is 11.0 Å². The van der Waals surface area contributed by atoms with Crippen LogP contribution in [0.3, 0.4) is 0 Å². The Kier molecular flexibility index (Phi) is 4.76. The number of furan rings is 1. The first-order valence-electron chi connectivity index (χ1n) is 5.68. The number of nitrogens with one attached hydrogen (secondary N) is 1. The molecule has 94 valence electrons. The zero-order chi connectivity index (χ0) is 13.5. The summed E-state index contributed by atoms with van der Waals surface area (Å²) in [6.45, 7) is 5.88. The Labute approximate surface area is 106 Å². The summed E-state index contributed by atoms with van der Waals surface area (Å²) >= 11 is 0. The maximum atomic E-state index is 8.35. The Morgan fingerprint density at radius 2 is 2.11 bits per heavy atom. The lowest BCUT2D eigenvalue weighted by Crippen LogP contribution is -2.26. The molecule has 5 heteroatoms. The minimum atomic E-state index is 0.0714. The van der Waals surface area contributed by atoms with E-state index >= 15 is 0 Å². The van der Waals surface area contributed by atoms with E-state index in [9.17, 15) is 0 Å². The molecule has 1 aromatic carbocycles. The predicted molar refractivity (Wildman–Crippen MR) is 72.3 cm³/mol. The molecule has 1 heterocycles. The molecule has 0 unspecified atom stereocenters. The van der Waals surface area contributed by atoms with Crippen molar-refractivity contribution in [2.75, 3.05) is 0 Å². The van der Waals surface area contributed by atoms with Crippen molar-refractivity contribution < 1.29 is 4.42 Å². The smallest absolute Gasteiger partial charge is 0.207 e. The van der Waals surface area contributed by atoms with Crippen LogP contribution in [-0.4, -0.2) is 5.96 Å². The molecular formula is C13H16N4O. The first-order valence-corrected chi connectivity index (χ1v) is 5.68. The fraction of sp³-hybridized carbons (Fsp3) is 0.231. The molecule has 0 atom stereocenters. The van der Waals surface area contributed by atoms with Gasteiger partial charge >= 0.3 is 0 Å². The van der Waals surface area contributed by atoms with Gasteiger partial charge in [0.2, 0.25) is 5.96 Å². The number of guanidine groups is 1. The Bertz CT molecular complexity index is 593. The first kappa shape index (κ1) is 13.6. The van der Waals surface area contributed by atoms with E-state index in [0.717, 1.165) is 16.7 Å². The van der Waals surface area contributed by atoms with Gasteiger partial charge < -0.3 is 10.2 Å². The highest BCUT2D eigenvalue weighted by Gasteiger charge is 2.01. The van der Waals surface area contributed by atoms with Gasteiger partial charge in [0.25, 0.3) is 0 Å². The minimum Gasteiger partial charge on any atom is -0.461 e. The van der Waals surface area contributed by atoms with Gasteiger partial charge in [-0.1, -0.05) is 13.8 Å². The third-order valence-corrected chi connectivity index (χ3v) is 2.06. The number of aliphatic imine (C=N–C) groups is 1. The van der Waals surface area contributed by atoms with E-state index in [1.165, 1.54) is 0 Å². The van der Waals surface area contributed by atoms with Crippen molar-refractivity contribution in [3.63, 3.8) is 0 Å². The zero-order valence-electron chi connectivity index (χ0n) is 10.7. The average Bonchev–Trinajstić information content (AvgIpc) is 2.71. The summed E-state index contributed by atoms with van der Waals surface area (Å²) in [5, 5.41) is 11.6. The molecular weight excluding hydrogens is 228 g/mol. The summed E-state index contributed by atoms with van der Waals surface area (Å²) < 4.78 is 5.43. The lowest BCUT2D eigenvalue weighted by atomic mass is 10.2. The number of fused-ring (bicyclic) bond motifs is 1. The standard InChI is InChI=1S/C11H10N4O.C2H6/c1-7-4-8-5-9(2-3-10(8)16-7)15-11(13)14-6-12;1-2/h2-5H,1H3,(H3,13,14,15);1-2H3. The van der Waals surface area contributed by atoms with Gasteiger partial charge in [0.15, 0.2) is 6.19 Å². The van der Waals surface area contributed by atoms with Crippen molar-refractivity contribution in [1.82, 2.24) is 5.32 Å². The largest absolute Gasteiger partial charge is 0.461 e. The van der Waals surface area contributed by atoms with Gasteiger partial charge in [-0.2, -0.15) is 5.26 Å². The average molecular weight is 244 g/mol. The summed E-state index contributed by atoms with van der Waals surface area (Å²) in [4.78, 5) is 4.03. The normalized spacial score (nSPS) is 10.4. The van der Waals surface area contributed by atoms with Gasteiger partial charge in [-0.3, -0.25) is 5.32 Å². The minimum absolute atomic E-state index is 0.0714. The maximum absolute atomic E-state index is 8.35. The van der Waals surface area contributed by atoms with Gasteiger partial charge in [0, 0.05) is 5.39 Å². The number of hydrogen-bond acceptors (Lipinski definition) is 3. The van der Waals surface area contributed by atoms with E-state index in [-0.39, 0.29) is 5.96 Å². The van der Waals surface area contributed by atoms with E-state index in [1.54, 1.807) is 12.3 Å². The van der Waals surface area contributed by atoms with Crippen LogP contribution in [0.4, 0.5) is 5.69 Å². The molecule has 1 aromatic heterocycles. The van der Waals surface area contributed by atoms with Crippen LogP contribution in [0.5, 0.6) is 0 Å². The van der Waals surface area contributed by atoms with E-state index in [0.29, 0.717) is 5.69 Å². The van der Waals surface area contributed by atoms with Crippen LogP contribution in [-0.2, 0) is 0 Å². The number of aryl methyl sites for hydroxylation is 1. The fourth-order valence-corrected chi connectivity index (χ4v) is 1.46. The third kappa shape index (κ3) is 3.25. The maximum Gasteiger partial charge on any atom is 0.207 e. The predicted octanol–water partition coefficient (Wildman–Crippen LogP) is 2.78. The summed E-state index contributed by atoms with van der Waals surface area (Å²) in [5.74, 6) is 0.918. The van der Waals surface area contributed by atoms with Crippen molar-refractivity contribution in [3.05, 3.63) is 30.0 Å². The van der Waals surface area contributed by atoms with Crippen LogP contribution in [0, 0.1) is 18.4 Å². The molecule has 0 aliphatic rings. The van der Waals surface area contributed by atoms with E-state index < -0.39 is 0 Å². The summed E-state index contributed by atoms with van der Waals surface area (Å²) in [7, 11) is 0. The number of nitrogens with two attached hydrogens (primary N) is 1. The summed E-state index contributed by atoms with van der Waals surface area (Å²) in [6.07, 6.45) is 1.70. The second-order valence-electron chi connectivity index (χ2n) is 3.31. The molecule has 0 bridgehead atoms. The molecule has 0 saturated carbocycles. The van der Waals surface area contributed by atoms with Gasteiger partial charge in [-0.15, -0.1) is 0 Å². The molecule has 3 N–H and O–H groups in total. The van der Waals surface area contributed by atoms with Crippen LogP contribution < -0.4 is 11.1 Å². The topological polar surface area (TPSA) is 87.3 Å². The van der Waals surface area contributed by atoms with E-state index in [1.807, 2.05) is 39.0 Å². The number of rotatable bonds is 1. The Morgan fingerprint density at radius 3 is 2.78 bits per heavy atom. The number of nitrogens with zero attached hydrogens (tertiary/aromatic N) is 2. The van der Waals surface area contributed by atoms with Crippen molar-refractivity contribution in [2.45, 2.75) is 20.8 Å². The van der Waals surface area contributed by atoms with Crippen LogP contribution in [0.1, 0.15) is 19.6 Å². The molecule has 0 radical (unpaired) electrons. The van der Waals surface area contributed by atoms with Gasteiger partial charge in [0.05, 0.1) is 5.69 Å². The highest BCUT2D eigenvalue weighted by Crippen LogP contribution is 2.23. The number of benzene rings is 1. The SMILES string of the molecule is CC.Cc1cc2cc(N=C(N)NC#N)ccc2o1. The van der Waals surface area contributed by atoms with Crippen molar-refractivity contribution in [2.24, 2.45) is 10.7 Å². The molecule has 5 nitrogen and oxygen atoms in total. The van der Waals surface area contributed by atoms with E-state index in [4.69, 9.17) is 15.4 Å². The van der Waals surface area contributed by atoms with Crippen LogP contribution in [0.2, 0.25) is 0 Å². The Balaban J connectivity index is 0.000000771. The van der Waals surface area contributed by atoms with Crippen molar-refractivity contribution >= 4 is 22.6 Å². The van der Waals surface area contributed by atoms with Crippen molar-refractivity contribution in [1.29, 1.82) is 5.26 Å². The molecule has 0 aliphatic heterocycles. The van der Waals surface area contributed by atoms with Gasteiger partial charge in [-0.05, 0) is 31.2 Å².